The summed E-state index contributed by atoms with van der Waals surface area (Å²) >= 11 is 10.2. The molecule has 6 nitrogen and oxygen atoms in total. The van der Waals surface area contributed by atoms with Gasteiger partial charge in [0.25, 0.3) is 0 Å². The summed E-state index contributed by atoms with van der Waals surface area (Å²) in [5.74, 6) is 0. The molecule has 22 heavy (non-hydrogen) atoms. The van der Waals surface area contributed by atoms with E-state index in [0.717, 1.165) is 12.1 Å². The lowest BCUT2D eigenvalue weighted by Gasteiger charge is -2.35. The van der Waals surface area contributed by atoms with E-state index in [1.165, 1.54) is 6.54 Å². The molecule has 0 aromatic rings. The third kappa shape index (κ3) is 6.89. The van der Waals surface area contributed by atoms with Crippen molar-refractivity contribution in [1.29, 1.82) is 0 Å². The zero-order valence-electron chi connectivity index (χ0n) is 14.0. The Hall–Kier alpha value is 1.06. The summed E-state index contributed by atoms with van der Waals surface area (Å²) in [7, 11) is 0. The fourth-order valence-corrected chi connectivity index (χ4v) is 8.72. The monoisotopic (exact) mass is 390 g/mol. The van der Waals surface area contributed by atoms with Crippen LogP contribution >= 0.6 is 13.3 Å². The SMILES string of the molecule is CC[NH+](C(C)C)C(C)C.S=P1([N-]P2(=S)OCCO2)OCCO1. The largest absolute Gasteiger partial charge is 0.501 e. The number of nitrogens with zero attached hydrogens (tertiary/aromatic N) is 1. The van der Waals surface area contributed by atoms with Crippen LogP contribution in [-0.4, -0.2) is 45.1 Å². The van der Waals surface area contributed by atoms with Gasteiger partial charge in [0.1, 0.15) is 13.3 Å². The standard InChI is InChI=1S/C8H19N.C4H8NO4P2S2/c1-6-9(7(2)3)8(4)5;12-10(6-1-2-7-10)5-11(13)8-3-4-9-11/h7-8H,6H2,1-5H3;1-4H2/q;-1/p+1. The minimum atomic E-state index is -2.53. The molecule has 2 rings (SSSR count). The normalized spacial score (nSPS) is 23.1. The molecule has 2 saturated heterocycles. The van der Waals surface area contributed by atoms with Crippen molar-refractivity contribution >= 4 is 36.9 Å². The lowest BCUT2D eigenvalue weighted by atomic mass is 10.2. The zero-order valence-corrected chi connectivity index (χ0v) is 17.4. The van der Waals surface area contributed by atoms with Crippen molar-refractivity contribution in [2.75, 3.05) is 33.0 Å². The summed E-state index contributed by atoms with van der Waals surface area (Å²) in [6.45, 7) is 9.46. The molecule has 2 fully saturated rings. The van der Waals surface area contributed by atoms with Crippen molar-refractivity contribution in [3.8, 4) is 0 Å². The Bertz CT molecular complexity index is 381. The Labute approximate surface area is 144 Å². The van der Waals surface area contributed by atoms with E-state index in [1.807, 2.05) is 0 Å². The van der Waals surface area contributed by atoms with Gasteiger partial charge in [-0.25, -0.2) is 0 Å². The van der Waals surface area contributed by atoms with E-state index in [2.05, 4.69) is 39.5 Å². The minimum Gasteiger partial charge on any atom is -0.501 e. The van der Waals surface area contributed by atoms with Gasteiger partial charge in [0.2, 0.25) is 0 Å². The second kappa shape index (κ2) is 9.52. The topological polar surface area (TPSA) is 55.5 Å². The zero-order chi connectivity index (χ0) is 16.8. The molecule has 132 valence electrons. The maximum Gasteiger partial charge on any atom is 0.101 e. The first-order valence-electron chi connectivity index (χ1n) is 7.60. The Morgan fingerprint density at radius 3 is 1.36 bits per heavy atom. The van der Waals surface area contributed by atoms with Gasteiger partial charge in [0.15, 0.2) is 0 Å². The third-order valence-corrected chi connectivity index (χ3v) is 9.66. The molecule has 0 aromatic carbocycles. The molecule has 0 bridgehead atoms. The maximum absolute atomic E-state index is 5.21. The first kappa shape index (κ1) is 21.1. The van der Waals surface area contributed by atoms with Crippen molar-refractivity contribution in [2.24, 2.45) is 0 Å². The minimum absolute atomic E-state index is 0.482. The Kier molecular flexibility index (Phi) is 9.13. The number of quaternary nitrogens is 1. The van der Waals surface area contributed by atoms with Crippen molar-refractivity contribution in [3.05, 3.63) is 4.86 Å². The Morgan fingerprint density at radius 2 is 1.18 bits per heavy atom. The third-order valence-electron chi connectivity index (χ3n) is 3.29. The van der Waals surface area contributed by atoms with Crippen LogP contribution in [0.2, 0.25) is 0 Å². The number of nitrogens with one attached hydrogen (secondary N) is 1. The summed E-state index contributed by atoms with van der Waals surface area (Å²) in [6, 6.07) is 1.55. The van der Waals surface area contributed by atoms with Crippen molar-refractivity contribution in [3.63, 3.8) is 0 Å². The lowest BCUT2D eigenvalue weighted by Crippen LogP contribution is -3.17. The molecule has 0 amide bonds. The van der Waals surface area contributed by atoms with Gasteiger partial charge in [-0.2, -0.15) is 0 Å². The molecule has 0 atom stereocenters. The molecule has 0 saturated carbocycles. The second-order valence-corrected chi connectivity index (χ2v) is 12.0. The summed E-state index contributed by atoms with van der Waals surface area (Å²) in [6.07, 6.45) is 0. The van der Waals surface area contributed by atoms with Gasteiger partial charge >= 0.3 is 0 Å². The Balaban J connectivity index is 0.000000239. The van der Waals surface area contributed by atoms with Crippen LogP contribution in [0, 0.1) is 0 Å². The van der Waals surface area contributed by atoms with Crippen LogP contribution in [0.5, 0.6) is 0 Å². The van der Waals surface area contributed by atoms with Crippen LogP contribution in [-0.2, 0) is 41.7 Å². The van der Waals surface area contributed by atoms with E-state index >= 15 is 0 Å². The van der Waals surface area contributed by atoms with Crippen LogP contribution in [0.25, 0.3) is 4.86 Å². The highest BCUT2D eigenvalue weighted by molar-refractivity contribution is 8.22. The number of hydrogen-bond acceptors (Lipinski definition) is 6. The van der Waals surface area contributed by atoms with Gasteiger partial charge in [0, 0.05) is 0 Å². The number of rotatable bonds is 5. The molecule has 0 spiro atoms. The highest BCUT2D eigenvalue weighted by Crippen LogP contribution is 2.74. The quantitative estimate of drug-likeness (QED) is 0.729. The van der Waals surface area contributed by atoms with Gasteiger partial charge in [0.05, 0.1) is 45.1 Å². The first-order chi connectivity index (χ1) is 10.2. The van der Waals surface area contributed by atoms with Gasteiger partial charge in [-0.3, -0.25) is 0 Å². The molecule has 2 aliphatic rings. The summed E-state index contributed by atoms with van der Waals surface area (Å²) in [5, 5.41) is 0. The highest BCUT2D eigenvalue weighted by atomic mass is 32.5. The molecule has 0 unspecified atom stereocenters. The van der Waals surface area contributed by atoms with Gasteiger partial charge < -0.3 is 27.9 Å². The van der Waals surface area contributed by atoms with Gasteiger partial charge in [-0.15, -0.1) is 0 Å². The van der Waals surface area contributed by atoms with E-state index in [0.29, 0.717) is 26.4 Å². The fraction of sp³-hybridized carbons (Fsp3) is 1.00. The van der Waals surface area contributed by atoms with Crippen molar-refractivity contribution < 1.29 is 23.0 Å². The average molecular weight is 390 g/mol. The number of hydrogen-bond donors (Lipinski definition) is 1. The van der Waals surface area contributed by atoms with Gasteiger partial charge in [-0.05, 0) is 34.6 Å². The Morgan fingerprint density at radius 1 is 0.864 bits per heavy atom. The molecule has 2 heterocycles. The second-order valence-electron chi connectivity index (χ2n) is 5.60. The summed E-state index contributed by atoms with van der Waals surface area (Å²) in [4.78, 5) is 5.79. The molecular formula is C12H28N2O4P2S2. The van der Waals surface area contributed by atoms with Crippen molar-refractivity contribution in [1.82, 2.24) is 0 Å². The highest BCUT2D eigenvalue weighted by Gasteiger charge is 2.24. The average Bonchev–Trinajstić information content (AvgIpc) is 2.99. The molecule has 2 aliphatic heterocycles. The molecule has 0 aliphatic carbocycles. The first-order valence-corrected chi connectivity index (χ1v) is 12.8. The molecule has 0 radical (unpaired) electrons. The predicted octanol–water partition coefficient (Wildman–Crippen LogP) is 2.61. The molecule has 0 aromatic heterocycles. The fourth-order valence-electron chi connectivity index (χ4n) is 2.41. The van der Waals surface area contributed by atoms with Crippen LogP contribution in [0.4, 0.5) is 0 Å². The molecule has 10 heteroatoms. The maximum atomic E-state index is 5.21. The summed E-state index contributed by atoms with van der Waals surface area (Å²) in [5.41, 5.74) is 0. The lowest BCUT2D eigenvalue weighted by molar-refractivity contribution is -0.940. The van der Waals surface area contributed by atoms with E-state index in [9.17, 15) is 0 Å². The van der Waals surface area contributed by atoms with Crippen LogP contribution < -0.4 is 4.90 Å². The van der Waals surface area contributed by atoms with E-state index < -0.39 is 13.3 Å². The van der Waals surface area contributed by atoms with Crippen LogP contribution in [0.1, 0.15) is 34.6 Å². The predicted molar refractivity (Wildman–Crippen MR) is 97.5 cm³/mol. The smallest absolute Gasteiger partial charge is 0.101 e. The van der Waals surface area contributed by atoms with E-state index in [-0.39, 0.29) is 0 Å². The molecular weight excluding hydrogens is 362 g/mol. The van der Waals surface area contributed by atoms with Gasteiger partial charge in [-0.1, -0.05) is 23.6 Å². The van der Waals surface area contributed by atoms with E-state index in [1.54, 1.807) is 4.90 Å². The van der Waals surface area contributed by atoms with Crippen LogP contribution in [0.3, 0.4) is 0 Å². The molecule has 1 N–H and O–H groups in total. The van der Waals surface area contributed by atoms with E-state index in [4.69, 9.17) is 41.7 Å². The van der Waals surface area contributed by atoms with Crippen molar-refractivity contribution in [2.45, 2.75) is 46.7 Å². The summed E-state index contributed by atoms with van der Waals surface area (Å²) < 4.78 is 20.8. The van der Waals surface area contributed by atoms with Crippen LogP contribution in [0.15, 0.2) is 0 Å².